The number of Topliss-reactive ketones (excluding diaryl/α,β-unsaturated/α-hetero) is 1. The van der Waals surface area contributed by atoms with Crippen molar-refractivity contribution in [1.29, 1.82) is 0 Å². The molecule has 0 aromatic heterocycles. The molecule has 156 valence electrons. The molecule has 4 rings (SSSR count). The molecule has 2 heterocycles. The minimum atomic E-state index is -0.497. The Morgan fingerprint density at radius 3 is 2.50 bits per heavy atom. The van der Waals surface area contributed by atoms with Crippen LogP contribution in [0.25, 0.3) is 0 Å². The molecular weight excluding hydrogens is 390 g/mol. The summed E-state index contributed by atoms with van der Waals surface area (Å²) in [6.45, 7) is 0.341. The highest BCUT2D eigenvalue weighted by molar-refractivity contribution is 5.96. The number of fused-ring (bicyclic) bond motifs is 1. The van der Waals surface area contributed by atoms with Crippen molar-refractivity contribution in [3.05, 3.63) is 81.9 Å². The van der Waals surface area contributed by atoms with E-state index in [1.807, 2.05) is 36.4 Å². The van der Waals surface area contributed by atoms with Crippen LogP contribution in [0.3, 0.4) is 0 Å². The molecule has 0 spiro atoms. The first-order chi connectivity index (χ1) is 14.5. The SMILES string of the molecule is COc1ccc(C2OCC3OC(CC(=O)c4ccc([N+](=O)[O-])cc4)C=CC3O2)cc1. The standard InChI is InChI=1S/C22H21NO7/c1-27-17-8-4-15(5-9-17)22-28-13-21-20(30-22)11-10-18(29-21)12-19(24)14-2-6-16(7-3-14)23(25)26/h2-11,18,20-22H,12-13H2,1H3. The molecule has 0 saturated carbocycles. The Bertz CT molecular complexity index is 939. The number of non-ortho nitro benzene ring substituents is 1. The van der Waals surface area contributed by atoms with Gasteiger partial charge in [0.15, 0.2) is 12.1 Å². The summed E-state index contributed by atoms with van der Waals surface area (Å²) >= 11 is 0. The molecule has 0 amide bonds. The summed E-state index contributed by atoms with van der Waals surface area (Å²) < 4.78 is 23.0. The average molecular weight is 411 g/mol. The summed E-state index contributed by atoms with van der Waals surface area (Å²) in [5, 5.41) is 10.7. The van der Waals surface area contributed by atoms with Crippen molar-refractivity contribution in [2.75, 3.05) is 13.7 Å². The largest absolute Gasteiger partial charge is 0.497 e. The van der Waals surface area contributed by atoms with Crippen molar-refractivity contribution in [2.45, 2.75) is 31.0 Å². The number of carbonyl (C=O) groups is 1. The highest BCUT2D eigenvalue weighted by Crippen LogP contribution is 2.32. The quantitative estimate of drug-likeness (QED) is 0.310. The number of nitrogens with zero attached hydrogens (tertiary/aromatic N) is 1. The number of nitro benzene ring substituents is 1. The van der Waals surface area contributed by atoms with Crippen molar-refractivity contribution in [3.8, 4) is 5.75 Å². The molecule has 30 heavy (non-hydrogen) atoms. The first kappa shape index (κ1) is 20.2. The zero-order valence-electron chi connectivity index (χ0n) is 16.3. The number of carbonyl (C=O) groups excluding carboxylic acids is 1. The van der Waals surface area contributed by atoms with Gasteiger partial charge < -0.3 is 18.9 Å². The van der Waals surface area contributed by atoms with Gasteiger partial charge in [0.2, 0.25) is 0 Å². The second kappa shape index (κ2) is 8.74. The van der Waals surface area contributed by atoms with Crippen LogP contribution in [0.1, 0.15) is 28.6 Å². The smallest absolute Gasteiger partial charge is 0.269 e. The molecule has 2 aromatic rings. The number of ketones is 1. The highest BCUT2D eigenvalue weighted by Gasteiger charge is 2.36. The predicted molar refractivity (Wildman–Crippen MR) is 106 cm³/mol. The van der Waals surface area contributed by atoms with Crippen LogP contribution in [0.2, 0.25) is 0 Å². The third-order valence-corrected chi connectivity index (χ3v) is 5.10. The summed E-state index contributed by atoms with van der Waals surface area (Å²) in [5.41, 5.74) is 1.25. The summed E-state index contributed by atoms with van der Waals surface area (Å²) in [6.07, 6.45) is 2.39. The van der Waals surface area contributed by atoms with E-state index < -0.39 is 17.3 Å². The summed E-state index contributed by atoms with van der Waals surface area (Å²) in [7, 11) is 1.61. The molecule has 2 aromatic carbocycles. The second-order valence-electron chi connectivity index (χ2n) is 7.07. The van der Waals surface area contributed by atoms with E-state index in [0.29, 0.717) is 12.2 Å². The first-order valence-corrected chi connectivity index (χ1v) is 9.56. The van der Waals surface area contributed by atoms with Gasteiger partial charge in [0.05, 0.1) is 24.7 Å². The Morgan fingerprint density at radius 2 is 1.83 bits per heavy atom. The van der Waals surface area contributed by atoms with Gasteiger partial charge in [0, 0.05) is 29.7 Å². The number of benzene rings is 2. The van der Waals surface area contributed by atoms with E-state index in [4.69, 9.17) is 18.9 Å². The van der Waals surface area contributed by atoms with Crippen LogP contribution >= 0.6 is 0 Å². The lowest BCUT2D eigenvalue weighted by Gasteiger charge is -2.39. The minimum Gasteiger partial charge on any atom is -0.497 e. The fourth-order valence-electron chi connectivity index (χ4n) is 3.46. The Kier molecular flexibility index (Phi) is 5.89. The molecule has 0 bridgehead atoms. The van der Waals surface area contributed by atoms with Crippen molar-refractivity contribution in [1.82, 2.24) is 0 Å². The van der Waals surface area contributed by atoms with E-state index in [9.17, 15) is 14.9 Å². The normalized spacial score (nSPS) is 25.4. The molecule has 0 radical (unpaired) electrons. The molecule has 0 aliphatic carbocycles. The summed E-state index contributed by atoms with van der Waals surface area (Å²) in [6, 6.07) is 13.0. The number of nitro groups is 1. The lowest BCUT2D eigenvalue weighted by Crippen LogP contribution is -2.45. The van der Waals surface area contributed by atoms with Crippen LogP contribution in [0.5, 0.6) is 5.75 Å². The van der Waals surface area contributed by atoms with Crippen LogP contribution < -0.4 is 4.74 Å². The zero-order valence-corrected chi connectivity index (χ0v) is 16.3. The minimum absolute atomic E-state index is 0.0499. The Morgan fingerprint density at radius 1 is 1.10 bits per heavy atom. The molecule has 2 aliphatic rings. The van der Waals surface area contributed by atoms with Gasteiger partial charge in [-0.3, -0.25) is 14.9 Å². The molecule has 8 heteroatoms. The molecule has 2 aliphatic heterocycles. The lowest BCUT2D eigenvalue weighted by molar-refractivity contribution is -0.384. The number of methoxy groups -OCH3 is 1. The molecule has 1 fully saturated rings. The topological polar surface area (TPSA) is 97.1 Å². The van der Waals surface area contributed by atoms with Crippen LogP contribution in [0.15, 0.2) is 60.7 Å². The van der Waals surface area contributed by atoms with E-state index in [2.05, 4.69) is 0 Å². The van der Waals surface area contributed by atoms with E-state index >= 15 is 0 Å². The molecule has 4 unspecified atom stereocenters. The maximum atomic E-state index is 12.5. The zero-order chi connectivity index (χ0) is 21.1. The monoisotopic (exact) mass is 411 g/mol. The van der Waals surface area contributed by atoms with Crippen LogP contribution in [-0.4, -0.2) is 42.7 Å². The first-order valence-electron chi connectivity index (χ1n) is 9.56. The maximum absolute atomic E-state index is 12.5. The van der Waals surface area contributed by atoms with Gasteiger partial charge in [-0.25, -0.2) is 0 Å². The highest BCUT2D eigenvalue weighted by atomic mass is 16.7. The van der Waals surface area contributed by atoms with Gasteiger partial charge in [0.1, 0.15) is 18.0 Å². The van der Waals surface area contributed by atoms with E-state index in [-0.39, 0.29) is 30.1 Å². The van der Waals surface area contributed by atoms with Gasteiger partial charge in [0.25, 0.3) is 5.69 Å². The molecular formula is C22H21NO7. The number of hydrogen-bond donors (Lipinski definition) is 0. The molecule has 8 nitrogen and oxygen atoms in total. The molecule has 0 N–H and O–H groups in total. The van der Waals surface area contributed by atoms with Gasteiger partial charge >= 0.3 is 0 Å². The van der Waals surface area contributed by atoms with Gasteiger partial charge in [-0.1, -0.05) is 24.3 Å². The fourth-order valence-corrected chi connectivity index (χ4v) is 3.46. The van der Waals surface area contributed by atoms with Crippen molar-refractivity contribution in [3.63, 3.8) is 0 Å². The fraction of sp³-hybridized carbons (Fsp3) is 0.318. The van der Waals surface area contributed by atoms with E-state index in [1.54, 1.807) is 7.11 Å². The predicted octanol–water partition coefficient (Wildman–Crippen LogP) is 3.61. The third-order valence-electron chi connectivity index (χ3n) is 5.10. The van der Waals surface area contributed by atoms with Crippen LogP contribution in [0, 0.1) is 10.1 Å². The van der Waals surface area contributed by atoms with Crippen molar-refractivity contribution in [2.24, 2.45) is 0 Å². The number of hydrogen-bond acceptors (Lipinski definition) is 7. The Hall–Kier alpha value is -3.07. The average Bonchev–Trinajstić information content (AvgIpc) is 2.79. The van der Waals surface area contributed by atoms with E-state index in [0.717, 1.165) is 11.3 Å². The van der Waals surface area contributed by atoms with Gasteiger partial charge in [-0.05, 0) is 24.3 Å². The lowest BCUT2D eigenvalue weighted by atomic mass is 10.0. The van der Waals surface area contributed by atoms with Crippen molar-refractivity contribution >= 4 is 11.5 Å². The Balaban J connectivity index is 1.36. The number of rotatable bonds is 6. The van der Waals surface area contributed by atoms with Crippen LogP contribution in [0.4, 0.5) is 5.69 Å². The summed E-state index contributed by atoms with van der Waals surface area (Å²) in [5.74, 6) is 0.612. The molecule has 4 atom stereocenters. The van der Waals surface area contributed by atoms with E-state index in [1.165, 1.54) is 24.3 Å². The van der Waals surface area contributed by atoms with Gasteiger partial charge in [-0.2, -0.15) is 0 Å². The second-order valence-corrected chi connectivity index (χ2v) is 7.07. The van der Waals surface area contributed by atoms with Gasteiger partial charge in [-0.15, -0.1) is 0 Å². The van der Waals surface area contributed by atoms with Crippen molar-refractivity contribution < 1.29 is 28.7 Å². The Labute approximate surface area is 173 Å². The van der Waals surface area contributed by atoms with Crippen LogP contribution in [-0.2, 0) is 14.2 Å². The molecule has 1 saturated heterocycles. The summed E-state index contributed by atoms with van der Waals surface area (Å²) in [4.78, 5) is 22.7. The number of ether oxygens (including phenoxy) is 4. The maximum Gasteiger partial charge on any atom is 0.269 e. The third kappa shape index (κ3) is 4.40.